The second-order valence-corrected chi connectivity index (χ2v) is 3.47. The van der Waals surface area contributed by atoms with Crippen LogP contribution in [0, 0.1) is 6.92 Å². The molecule has 0 aromatic heterocycles. The minimum absolute atomic E-state index is 0.163. The molecule has 2 N–H and O–H groups in total. The number of benzene rings is 1. The van der Waals surface area contributed by atoms with Gasteiger partial charge in [0.25, 0.3) is 0 Å². The second kappa shape index (κ2) is 5.92. The topological polar surface area (TPSA) is 58.6 Å². The Hall–Kier alpha value is -1.81. The molecule has 0 aliphatic carbocycles. The lowest BCUT2D eigenvalue weighted by Gasteiger charge is -2.06. The fourth-order valence-electron chi connectivity index (χ4n) is 1.11. The number of aryl methyl sites for hydroxylation is 1. The first-order valence-corrected chi connectivity index (χ1v) is 4.95. The van der Waals surface area contributed by atoms with Crippen LogP contribution in [0.2, 0.25) is 0 Å². The predicted molar refractivity (Wildman–Crippen MR) is 60.7 cm³/mol. The molecular formula is C12H15NO3. The molecule has 0 heterocycles. The van der Waals surface area contributed by atoms with Crippen LogP contribution in [0.1, 0.15) is 11.1 Å². The molecular weight excluding hydrogens is 206 g/mol. The maximum absolute atomic E-state index is 10.4. The van der Waals surface area contributed by atoms with Crippen molar-refractivity contribution in [2.24, 2.45) is 0 Å². The van der Waals surface area contributed by atoms with E-state index in [1.165, 1.54) is 5.56 Å². The van der Waals surface area contributed by atoms with Gasteiger partial charge in [0.05, 0.1) is 6.61 Å². The molecule has 4 heteroatoms. The Morgan fingerprint density at radius 2 is 2.06 bits per heavy atom. The number of aliphatic carboxylic acids is 1. The second-order valence-electron chi connectivity index (χ2n) is 3.47. The molecule has 0 aliphatic rings. The van der Waals surface area contributed by atoms with Crippen molar-refractivity contribution in [3.63, 3.8) is 0 Å². The lowest BCUT2D eigenvalue weighted by Crippen LogP contribution is -2.20. The van der Waals surface area contributed by atoms with Crippen LogP contribution in [0.3, 0.4) is 0 Å². The highest BCUT2D eigenvalue weighted by molar-refractivity contribution is 5.84. The van der Waals surface area contributed by atoms with Gasteiger partial charge in [-0.3, -0.25) is 10.3 Å². The van der Waals surface area contributed by atoms with Crippen molar-refractivity contribution < 1.29 is 14.7 Å². The Kier molecular flexibility index (Phi) is 4.54. The van der Waals surface area contributed by atoms with Crippen molar-refractivity contribution in [2.75, 3.05) is 6.61 Å². The van der Waals surface area contributed by atoms with Gasteiger partial charge in [0.1, 0.15) is 5.70 Å². The average Bonchev–Trinajstić information content (AvgIpc) is 2.26. The Labute approximate surface area is 94.5 Å². The highest BCUT2D eigenvalue weighted by Crippen LogP contribution is 2.03. The zero-order chi connectivity index (χ0) is 12.0. The van der Waals surface area contributed by atoms with E-state index in [9.17, 15) is 4.79 Å². The van der Waals surface area contributed by atoms with E-state index >= 15 is 0 Å². The van der Waals surface area contributed by atoms with Gasteiger partial charge in [-0.15, -0.1) is 0 Å². The summed E-state index contributed by atoms with van der Waals surface area (Å²) in [7, 11) is 0. The zero-order valence-electron chi connectivity index (χ0n) is 9.19. The van der Waals surface area contributed by atoms with Gasteiger partial charge in [0, 0.05) is 0 Å². The largest absolute Gasteiger partial charge is 0.477 e. The van der Waals surface area contributed by atoms with E-state index < -0.39 is 5.97 Å². The average molecular weight is 221 g/mol. The van der Waals surface area contributed by atoms with Crippen molar-refractivity contribution in [1.82, 2.24) is 5.48 Å². The molecule has 86 valence electrons. The summed E-state index contributed by atoms with van der Waals surface area (Å²) < 4.78 is 0. The van der Waals surface area contributed by atoms with E-state index in [1.807, 2.05) is 31.2 Å². The molecule has 0 bridgehead atoms. The van der Waals surface area contributed by atoms with Crippen molar-refractivity contribution in [2.45, 2.75) is 13.3 Å². The number of carboxylic acids is 1. The van der Waals surface area contributed by atoms with Crippen molar-refractivity contribution in [3.05, 3.63) is 47.7 Å². The summed E-state index contributed by atoms with van der Waals surface area (Å²) in [5, 5.41) is 8.49. The van der Waals surface area contributed by atoms with Crippen molar-refractivity contribution in [1.29, 1.82) is 0 Å². The van der Waals surface area contributed by atoms with Gasteiger partial charge in [0.15, 0.2) is 0 Å². The summed E-state index contributed by atoms with van der Waals surface area (Å²) in [6.07, 6.45) is 0.722. The van der Waals surface area contributed by atoms with Gasteiger partial charge in [-0.05, 0) is 18.9 Å². The summed E-state index contributed by atoms with van der Waals surface area (Å²) in [5.74, 6) is -1.12. The lowest BCUT2D eigenvalue weighted by atomic mass is 10.1. The molecule has 1 aromatic carbocycles. The Morgan fingerprint density at radius 3 is 2.62 bits per heavy atom. The third-order valence-electron chi connectivity index (χ3n) is 2.07. The summed E-state index contributed by atoms with van der Waals surface area (Å²) >= 11 is 0. The molecule has 0 atom stereocenters. The van der Waals surface area contributed by atoms with E-state index in [2.05, 4.69) is 12.1 Å². The molecule has 0 amide bonds. The Morgan fingerprint density at radius 1 is 1.44 bits per heavy atom. The summed E-state index contributed by atoms with van der Waals surface area (Å²) in [6, 6.07) is 8.09. The number of carbonyl (C=O) groups is 1. The number of hydrogen-bond donors (Lipinski definition) is 2. The molecule has 0 radical (unpaired) electrons. The summed E-state index contributed by atoms with van der Waals surface area (Å²) in [5.41, 5.74) is 4.46. The fourth-order valence-corrected chi connectivity index (χ4v) is 1.11. The molecule has 1 rings (SSSR count). The molecule has 0 saturated carbocycles. The lowest BCUT2D eigenvalue weighted by molar-refractivity contribution is -0.134. The van der Waals surface area contributed by atoms with Crippen LogP contribution in [-0.4, -0.2) is 17.7 Å². The smallest absolute Gasteiger partial charge is 0.353 e. The van der Waals surface area contributed by atoms with E-state index in [4.69, 9.17) is 9.94 Å². The highest BCUT2D eigenvalue weighted by Gasteiger charge is 2.01. The number of carboxylic acid groups (broad SMARTS) is 1. The molecule has 16 heavy (non-hydrogen) atoms. The minimum atomic E-state index is -1.12. The third kappa shape index (κ3) is 4.14. The first-order chi connectivity index (χ1) is 7.59. The van der Waals surface area contributed by atoms with Crippen LogP contribution in [-0.2, 0) is 16.1 Å². The van der Waals surface area contributed by atoms with Gasteiger partial charge in [-0.2, -0.15) is 0 Å². The normalized spacial score (nSPS) is 9.81. The van der Waals surface area contributed by atoms with E-state index in [0.717, 1.165) is 12.0 Å². The van der Waals surface area contributed by atoms with Crippen LogP contribution in [0.15, 0.2) is 36.5 Å². The molecule has 1 aromatic rings. The van der Waals surface area contributed by atoms with Crippen LogP contribution >= 0.6 is 0 Å². The SMILES string of the molecule is C=C(NOCCc1ccc(C)cc1)C(=O)O. The van der Waals surface area contributed by atoms with E-state index in [1.54, 1.807) is 0 Å². The molecule has 0 fully saturated rings. The Bertz CT molecular complexity index is 370. The van der Waals surface area contributed by atoms with Gasteiger partial charge >= 0.3 is 5.97 Å². The van der Waals surface area contributed by atoms with Crippen molar-refractivity contribution in [3.8, 4) is 0 Å². The van der Waals surface area contributed by atoms with Gasteiger partial charge < -0.3 is 5.11 Å². The summed E-state index contributed by atoms with van der Waals surface area (Å²) in [4.78, 5) is 15.3. The standard InChI is InChI=1S/C12H15NO3/c1-9-3-5-11(6-4-9)7-8-16-13-10(2)12(14)15/h3-6,13H,2,7-8H2,1H3,(H,14,15). The maximum Gasteiger partial charge on any atom is 0.353 e. The van der Waals surface area contributed by atoms with E-state index in [0.29, 0.717) is 6.61 Å². The van der Waals surface area contributed by atoms with Crippen LogP contribution < -0.4 is 5.48 Å². The fraction of sp³-hybridized carbons (Fsp3) is 0.250. The van der Waals surface area contributed by atoms with Crippen LogP contribution in [0.5, 0.6) is 0 Å². The molecule has 0 saturated heterocycles. The van der Waals surface area contributed by atoms with Gasteiger partial charge in [-0.25, -0.2) is 4.79 Å². The Balaban J connectivity index is 2.23. The first-order valence-electron chi connectivity index (χ1n) is 4.95. The number of hydrogen-bond acceptors (Lipinski definition) is 3. The number of rotatable bonds is 6. The molecule has 0 aliphatic heterocycles. The van der Waals surface area contributed by atoms with Gasteiger partial charge in [-0.1, -0.05) is 36.4 Å². The monoisotopic (exact) mass is 221 g/mol. The van der Waals surface area contributed by atoms with Crippen LogP contribution in [0.25, 0.3) is 0 Å². The third-order valence-corrected chi connectivity index (χ3v) is 2.07. The zero-order valence-corrected chi connectivity index (χ0v) is 9.19. The van der Waals surface area contributed by atoms with E-state index in [-0.39, 0.29) is 5.70 Å². The highest BCUT2D eigenvalue weighted by atomic mass is 16.6. The molecule has 0 spiro atoms. The van der Waals surface area contributed by atoms with Crippen molar-refractivity contribution >= 4 is 5.97 Å². The predicted octanol–water partition coefficient (Wildman–Crippen LogP) is 1.66. The number of hydroxylamine groups is 1. The first kappa shape index (κ1) is 12.3. The quantitative estimate of drug-likeness (QED) is 0.435. The minimum Gasteiger partial charge on any atom is -0.477 e. The molecule has 0 unspecified atom stereocenters. The van der Waals surface area contributed by atoms with Gasteiger partial charge in [0.2, 0.25) is 0 Å². The molecule has 4 nitrogen and oxygen atoms in total. The summed E-state index contributed by atoms with van der Waals surface area (Å²) in [6.45, 7) is 5.70. The maximum atomic E-state index is 10.4. The number of nitrogens with one attached hydrogen (secondary N) is 1. The van der Waals surface area contributed by atoms with Crippen LogP contribution in [0.4, 0.5) is 0 Å².